The Morgan fingerprint density at radius 1 is 1.33 bits per heavy atom. The molecule has 1 fully saturated rings. The molecule has 0 aromatic carbocycles. The van der Waals surface area contributed by atoms with Crippen LogP contribution in [-0.2, 0) is 9.53 Å². The topological polar surface area (TPSA) is 49.8 Å². The summed E-state index contributed by atoms with van der Waals surface area (Å²) in [6.45, 7) is 1.92. The Labute approximate surface area is 102 Å². The molecule has 0 spiro atoms. The molecule has 7 heteroatoms. The smallest absolute Gasteiger partial charge is 0.351 e. The van der Waals surface area contributed by atoms with Crippen molar-refractivity contribution < 1.29 is 14.6 Å². The fraction of sp³-hybridized carbons (Fsp3) is 0.625. The summed E-state index contributed by atoms with van der Waals surface area (Å²) in [5, 5.41) is 8.96. The van der Waals surface area contributed by atoms with Crippen LogP contribution >= 0.6 is 34.8 Å². The number of allylic oxidation sites excluding steroid dienone is 1. The number of ether oxygens (including phenoxy) is 1. The van der Waals surface area contributed by atoms with Gasteiger partial charge in [0.2, 0.25) is 3.79 Å². The first-order valence-electron chi connectivity index (χ1n) is 4.26. The van der Waals surface area contributed by atoms with Gasteiger partial charge in [-0.1, -0.05) is 34.8 Å². The Hall–Kier alpha value is -0.160. The maximum atomic E-state index is 10.9. The molecule has 86 valence electrons. The second-order valence-electron chi connectivity index (χ2n) is 2.98. The summed E-state index contributed by atoms with van der Waals surface area (Å²) < 4.78 is 3.40. The molecule has 0 amide bonds. The lowest BCUT2D eigenvalue weighted by Gasteiger charge is -2.29. The van der Waals surface area contributed by atoms with Crippen LogP contribution in [0.2, 0.25) is 0 Å². The van der Waals surface area contributed by atoms with Crippen LogP contribution in [0.1, 0.15) is 0 Å². The number of carboxylic acid groups (broad SMARTS) is 1. The molecule has 1 rings (SSSR count). The van der Waals surface area contributed by atoms with Crippen molar-refractivity contribution in [2.75, 3.05) is 26.3 Å². The van der Waals surface area contributed by atoms with Crippen molar-refractivity contribution in [1.82, 2.24) is 4.90 Å². The van der Waals surface area contributed by atoms with E-state index in [1.807, 2.05) is 0 Å². The Morgan fingerprint density at radius 3 is 2.27 bits per heavy atom. The number of hydrogen-bond donors (Lipinski definition) is 1. The molecule has 0 aromatic heterocycles. The maximum Gasteiger partial charge on any atom is 0.351 e. The molecule has 4 nitrogen and oxygen atoms in total. The normalized spacial score (nSPS) is 19.1. The van der Waals surface area contributed by atoms with Crippen LogP contribution in [0, 0.1) is 0 Å². The highest BCUT2D eigenvalue weighted by atomic mass is 35.6. The highest BCUT2D eigenvalue weighted by Gasteiger charge is 2.25. The van der Waals surface area contributed by atoms with E-state index in [1.54, 1.807) is 4.90 Å². The molecular formula is C8H10Cl3NO3. The molecule has 0 aliphatic carbocycles. The first-order chi connectivity index (χ1) is 6.90. The number of aliphatic carboxylic acids is 1. The summed E-state index contributed by atoms with van der Waals surface area (Å²) >= 11 is 16.6. The minimum atomic E-state index is -1.70. The minimum absolute atomic E-state index is 0.00157. The van der Waals surface area contributed by atoms with E-state index in [0.717, 1.165) is 6.08 Å². The standard InChI is InChI=1S/C8H10Cl3NO3/c9-8(10,11)5-6(7(13)14)12-1-3-15-4-2-12/h5H,1-4H2,(H,13,14)/b6-5-. The molecule has 1 N–H and O–H groups in total. The summed E-state index contributed by atoms with van der Waals surface area (Å²) in [5.74, 6) is -1.11. The van der Waals surface area contributed by atoms with E-state index in [1.165, 1.54) is 0 Å². The lowest BCUT2D eigenvalue weighted by Crippen LogP contribution is -2.38. The third-order valence-corrected chi connectivity index (χ3v) is 2.20. The Morgan fingerprint density at radius 2 is 1.87 bits per heavy atom. The zero-order chi connectivity index (χ0) is 11.5. The van der Waals surface area contributed by atoms with Crippen LogP contribution in [0.4, 0.5) is 0 Å². The Bertz CT molecular complexity index is 269. The Kier molecular flexibility index (Phi) is 4.52. The van der Waals surface area contributed by atoms with E-state index in [2.05, 4.69) is 0 Å². The van der Waals surface area contributed by atoms with Crippen LogP contribution < -0.4 is 0 Å². The van der Waals surface area contributed by atoms with E-state index in [4.69, 9.17) is 44.6 Å². The molecule has 0 bridgehead atoms. The predicted octanol–water partition coefficient (Wildman–Crippen LogP) is 1.66. The van der Waals surface area contributed by atoms with E-state index in [9.17, 15) is 4.79 Å². The van der Waals surface area contributed by atoms with Gasteiger partial charge in [-0.05, 0) is 6.08 Å². The van der Waals surface area contributed by atoms with Gasteiger partial charge in [0.15, 0.2) is 0 Å². The van der Waals surface area contributed by atoms with Crippen LogP contribution in [0.15, 0.2) is 11.8 Å². The molecule has 0 atom stereocenters. The number of rotatable bonds is 2. The zero-order valence-electron chi connectivity index (χ0n) is 7.75. The summed E-state index contributed by atoms with van der Waals surface area (Å²) in [6.07, 6.45) is 1.10. The summed E-state index contributed by atoms with van der Waals surface area (Å²) in [5.41, 5.74) is -0.00157. The van der Waals surface area contributed by atoms with Crippen molar-refractivity contribution in [2.24, 2.45) is 0 Å². The predicted molar refractivity (Wildman–Crippen MR) is 58.4 cm³/mol. The summed E-state index contributed by atoms with van der Waals surface area (Å²) in [6, 6.07) is 0. The van der Waals surface area contributed by atoms with Crippen molar-refractivity contribution in [3.05, 3.63) is 11.8 Å². The molecule has 1 aliphatic heterocycles. The van der Waals surface area contributed by atoms with Gasteiger partial charge in [0.25, 0.3) is 0 Å². The number of halogens is 3. The fourth-order valence-electron chi connectivity index (χ4n) is 1.25. The van der Waals surface area contributed by atoms with Crippen LogP contribution in [-0.4, -0.2) is 46.1 Å². The number of hydrogen-bond acceptors (Lipinski definition) is 3. The van der Waals surface area contributed by atoms with Crippen molar-refractivity contribution >= 4 is 40.8 Å². The van der Waals surface area contributed by atoms with E-state index in [0.29, 0.717) is 26.3 Å². The third-order valence-electron chi connectivity index (χ3n) is 1.87. The molecule has 1 aliphatic rings. The second kappa shape index (κ2) is 5.25. The molecular weight excluding hydrogens is 264 g/mol. The van der Waals surface area contributed by atoms with Gasteiger partial charge in [-0.15, -0.1) is 0 Å². The monoisotopic (exact) mass is 273 g/mol. The minimum Gasteiger partial charge on any atom is -0.477 e. The van der Waals surface area contributed by atoms with Gasteiger partial charge in [-0.2, -0.15) is 0 Å². The van der Waals surface area contributed by atoms with Gasteiger partial charge in [-0.3, -0.25) is 0 Å². The number of carboxylic acids is 1. The van der Waals surface area contributed by atoms with Gasteiger partial charge in [0, 0.05) is 13.1 Å². The number of morpholine rings is 1. The first kappa shape index (κ1) is 12.9. The molecule has 15 heavy (non-hydrogen) atoms. The lowest BCUT2D eigenvalue weighted by molar-refractivity contribution is -0.135. The van der Waals surface area contributed by atoms with Crippen molar-refractivity contribution in [3.8, 4) is 0 Å². The maximum absolute atomic E-state index is 10.9. The van der Waals surface area contributed by atoms with E-state index < -0.39 is 9.76 Å². The summed E-state index contributed by atoms with van der Waals surface area (Å²) in [7, 11) is 0. The average Bonchev–Trinajstić information content (AvgIpc) is 2.14. The fourth-order valence-corrected chi connectivity index (χ4v) is 1.56. The van der Waals surface area contributed by atoms with Crippen molar-refractivity contribution in [2.45, 2.75) is 3.79 Å². The molecule has 0 saturated carbocycles. The van der Waals surface area contributed by atoms with Gasteiger partial charge in [-0.25, -0.2) is 4.79 Å². The average molecular weight is 275 g/mol. The lowest BCUT2D eigenvalue weighted by atomic mass is 10.3. The number of alkyl halides is 3. The molecule has 1 saturated heterocycles. The van der Waals surface area contributed by atoms with Crippen LogP contribution in [0.5, 0.6) is 0 Å². The van der Waals surface area contributed by atoms with Gasteiger partial charge < -0.3 is 14.7 Å². The van der Waals surface area contributed by atoms with Gasteiger partial charge in [0.05, 0.1) is 13.2 Å². The van der Waals surface area contributed by atoms with E-state index >= 15 is 0 Å². The largest absolute Gasteiger partial charge is 0.477 e. The van der Waals surface area contributed by atoms with Crippen molar-refractivity contribution in [3.63, 3.8) is 0 Å². The third kappa shape index (κ3) is 4.47. The summed E-state index contributed by atoms with van der Waals surface area (Å²) in [4.78, 5) is 12.6. The van der Waals surface area contributed by atoms with Crippen LogP contribution in [0.25, 0.3) is 0 Å². The molecule has 1 heterocycles. The molecule has 0 aromatic rings. The Balaban J connectivity index is 2.82. The van der Waals surface area contributed by atoms with Gasteiger partial charge >= 0.3 is 5.97 Å². The zero-order valence-corrected chi connectivity index (χ0v) is 10.0. The second-order valence-corrected chi connectivity index (χ2v) is 5.34. The van der Waals surface area contributed by atoms with E-state index in [-0.39, 0.29) is 5.70 Å². The molecule has 0 unspecified atom stereocenters. The first-order valence-corrected chi connectivity index (χ1v) is 5.39. The highest BCUT2D eigenvalue weighted by Crippen LogP contribution is 2.29. The van der Waals surface area contributed by atoms with Gasteiger partial charge in [0.1, 0.15) is 5.70 Å². The van der Waals surface area contributed by atoms with Crippen LogP contribution in [0.3, 0.4) is 0 Å². The number of nitrogens with zero attached hydrogens (tertiary/aromatic N) is 1. The molecule has 0 radical (unpaired) electrons. The quantitative estimate of drug-likeness (QED) is 0.614. The van der Waals surface area contributed by atoms with Crippen molar-refractivity contribution in [1.29, 1.82) is 0 Å². The SMILES string of the molecule is O=C(O)/C(=C/C(Cl)(Cl)Cl)N1CCOCC1. The number of carbonyl (C=O) groups is 1. The highest BCUT2D eigenvalue weighted by molar-refractivity contribution is 6.69.